The van der Waals surface area contributed by atoms with Crippen molar-refractivity contribution in [1.29, 1.82) is 0 Å². The van der Waals surface area contributed by atoms with E-state index in [-0.39, 0.29) is 18.6 Å². The first-order valence-corrected chi connectivity index (χ1v) is 6.22. The van der Waals surface area contributed by atoms with E-state index in [2.05, 4.69) is 6.92 Å². The molecule has 0 aromatic rings. The molecule has 0 bridgehead atoms. The van der Waals surface area contributed by atoms with E-state index in [4.69, 9.17) is 5.11 Å². The van der Waals surface area contributed by atoms with Crippen molar-refractivity contribution in [2.45, 2.75) is 32.2 Å². The van der Waals surface area contributed by atoms with Gasteiger partial charge in [-0.3, -0.25) is 4.79 Å². The van der Waals surface area contributed by atoms with Crippen molar-refractivity contribution in [3.05, 3.63) is 0 Å². The van der Waals surface area contributed by atoms with Crippen molar-refractivity contribution in [3.63, 3.8) is 0 Å². The number of urea groups is 1. The van der Waals surface area contributed by atoms with Crippen LogP contribution in [0.25, 0.3) is 0 Å². The highest BCUT2D eigenvalue weighted by Crippen LogP contribution is 2.38. The number of aliphatic carboxylic acids is 1. The molecule has 2 unspecified atom stereocenters. The molecule has 17 heavy (non-hydrogen) atoms. The number of rotatable bonds is 5. The van der Waals surface area contributed by atoms with Crippen LogP contribution in [0.15, 0.2) is 0 Å². The number of amides is 2. The molecule has 0 saturated heterocycles. The normalized spacial score (nSPS) is 26.5. The lowest BCUT2D eigenvalue weighted by Crippen LogP contribution is -2.45. The lowest BCUT2D eigenvalue weighted by atomic mass is 10.3. The molecule has 0 aliphatic heterocycles. The summed E-state index contributed by atoms with van der Waals surface area (Å²) in [5.41, 5.74) is 0. The first-order chi connectivity index (χ1) is 7.99. The van der Waals surface area contributed by atoms with Gasteiger partial charge in [-0.25, -0.2) is 4.79 Å². The molecule has 2 aliphatic rings. The molecule has 2 rings (SSSR count). The van der Waals surface area contributed by atoms with Crippen LogP contribution in [0.3, 0.4) is 0 Å². The SMILES string of the molecule is CC1CC1CN(C)C(=O)N(CC(=O)O)C1CC1. The van der Waals surface area contributed by atoms with Gasteiger partial charge in [0, 0.05) is 19.6 Å². The maximum atomic E-state index is 12.1. The van der Waals surface area contributed by atoms with Gasteiger partial charge in [0.1, 0.15) is 6.54 Å². The van der Waals surface area contributed by atoms with E-state index >= 15 is 0 Å². The van der Waals surface area contributed by atoms with Crippen LogP contribution in [0.5, 0.6) is 0 Å². The summed E-state index contributed by atoms with van der Waals surface area (Å²) in [5.74, 6) is 0.382. The van der Waals surface area contributed by atoms with Crippen LogP contribution in [0.1, 0.15) is 26.2 Å². The van der Waals surface area contributed by atoms with Gasteiger partial charge in [-0.05, 0) is 31.1 Å². The monoisotopic (exact) mass is 240 g/mol. The molecule has 2 atom stereocenters. The van der Waals surface area contributed by atoms with Crippen LogP contribution >= 0.6 is 0 Å². The third kappa shape index (κ3) is 3.11. The standard InChI is InChI=1S/C12H20N2O3/c1-8-5-9(8)6-13(2)12(17)14(7-11(15)16)10-3-4-10/h8-10H,3-7H2,1-2H3,(H,15,16). The maximum absolute atomic E-state index is 12.1. The third-order valence-corrected chi connectivity index (χ3v) is 3.65. The highest BCUT2D eigenvalue weighted by Gasteiger charge is 2.38. The summed E-state index contributed by atoms with van der Waals surface area (Å²) in [7, 11) is 1.77. The van der Waals surface area contributed by atoms with E-state index < -0.39 is 5.97 Å². The molecule has 0 aromatic heterocycles. The second kappa shape index (κ2) is 4.55. The minimum atomic E-state index is -0.932. The average molecular weight is 240 g/mol. The minimum Gasteiger partial charge on any atom is -0.480 e. The number of carbonyl (C=O) groups is 2. The number of hydrogen-bond donors (Lipinski definition) is 1. The summed E-state index contributed by atoms with van der Waals surface area (Å²) in [6, 6.07) is 0.0201. The molecule has 2 saturated carbocycles. The number of carbonyl (C=O) groups excluding carboxylic acids is 1. The predicted octanol–water partition coefficient (Wildman–Crippen LogP) is 1.24. The Labute approximate surface area is 101 Å². The smallest absolute Gasteiger partial charge is 0.323 e. The molecule has 0 spiro atoms. The van der Waals surface area contributed by atoms with Gasteiger partial charge >= 0.3 is 12.0 Å². The highest BCUT2D eigenvalue weighted by atomic mass is 16.4. The van der Waals surface area contributed by atoms with E-state index in [0.717, 1.165) is 19.4 Å². The third-order valence-electron chi connectivity index (χ3n) is 3.65. The molecular weight excluding hydrogens is 220 g/mol. The number of nitrogens with zero attached hydrogens (tertiary/aromatic N) is 2. The second-order valence-electron chi connectivity index (χ2n) is 5.39. The van der Waals surface area contributed by atoms with Gasteiger partial charge in [0.2, 0.25) is 0 Å². The van der Waals surface area contributed by atoms with Crippen molar-refractivity contribution in [3.8, 4) is 0 Å². The van der Waals surface area contributed by atoms with Crippen molar-refractivity contribution in [2.75, 3.05) is 20.1 Å². The first kappa shape index (κ1) is 12.2. The Balaban J connectivity index is 1.88. The fourth-order valence-electron chi connectivity index (χ4n) is 2.19. The maximum Gasteiger partial charge on any atom is 0.323 e. The van der Waals surface area contributed by atoms with Crippen molar-refractivity contribution >= 4 is 12.0 Å². The summed E-state index contributed by atoms with van der Waals surface area (Å²) in [6.45, 7) is 2.76. The van der Waals surface area contributed by atoms with E-state index in [1.54, 1.807) is 11.9 Å². The summed E-state index contributed by atoms with van der Waals surface area (Å²) >= 11 is 0. The van der Waals surface area contributed by atoms with Crippen LogP contribution in [0, 0.1) is 11.8 Å². The highest BCUT2D eigenvalue weighted by molar-refractivity contribution is 5.80. The van der Waals surface area contributed by atoms with E-state index in [9.17, 15) is 9.59 Å². The zero-order valence-corrected chi connectivity index (χ0v) is 10.4. The van der Waals surface area contributed by atoms with Gasteiger partial charge in [-0.15, -0.1) is 0 Å². The van der Waals surface area contributed by atoms with Crippen LogP contribution in [0.4, 0.5) is 4.79 Å². The predicted molar refractivity (Wildman–Crippen MR) is 62.7 cm³/mol. The molecule has 0 radical (unpaired) electrons. The summed E-state index contributed by atoms with van der Waals surface area (Å²) in [6.07, 6.45) is 3.05. The molecule has 2 fully saturated rings. The van der Waals surface area contributed by atoms with Crippen molar-refractivity contribution in [1.82, 2.24) is 9.80 Å². The molecule has 5 nitrogen and oxygen atoms in total. The molecular formula is C12H20N2O3. The van der Waals surface area contributed by atoms with Crippen molar-refractivity contribution in [2.24, 2.45) is 11.8 Å². The Kier molecular flexibility index (Phi) is 3.26. The van der Waals surface area contributed by atoms with Gasteiger partial charge in [-0.2, -0.15) is 0 Å². The van der Waals surface area contributed by atoms with Gasteiger partial charge in [0.25, 0.3) is 0 Å². The number of carboxylic acids is 1. The van der Waals surface area contributed by atoms with Crippen LogP contribution in [-0.4, -0.2) is 53.1 Å². The molecule has 1 N–H and O–H groups in total. The number of carboxylic acid groups (broad SMARTS) is 1. The Hall–Kier alpha value is -1.26. The number of hydrogen-bond acceptors (Lipinski definition) is 2. The summed E-state index contributed by atoms with van der Waals surface area (Å²) in [4.78, 5) is 26.0. The van der Waals surface area contributed by atoms with Crippen LogP contribution < -0.4 is 0 Å². The fraction of sp³-hybridized carbons (Fsp3) is 0.833. The van der Waals surface area contributed by atoms with Crippen LogP contribution in [0.2, 0.25) is 0 Å². The zero-order valence-electron chi connectivity index (χ0n) is 10.4. The van der Waals surface area contributed by atoms with Gasteiger partial charge in [-0.1, -0.05) is 6.92 Å². The van der Waals surface area contributed by atoms with E-state index in [0.29, 0.717) is 11.8 Å². The zero-order chi connectivity index (χ0) is 12.6. The Morgan fingerprint density at radius 3 is 2.35 bits per heavy atom. The Morgan fingerprint density at radius 1 is 1.35 bits per heavy atom. The molecule has 0 aromatic carbocycles. The van der Waals surface area contributed by atoms with Gasteiger partial charge in [0.15, 0.2) is 0 Å². The molecule has 2 aliphatic carbocycles. The lowest BCUT2D eigenvalue weighted by Gasteiger charge is -2.27. The molecule has 5 heteroatoms. The lowest BCUT2D eigenvalue weighted by molar-refractivity contribution is -0.137. The minimum absolute atomic E-state index is 0.131. The molecule has 2 amide bonds. The average Bonchev–Trinajstić information content (AvgIpc) is 3.12. The Bertz CT molecular complexity index is 328. The summed E-state index contributed by atoms with van der Waals surface area (Å²) in [5, 5.41) is 8.82. The topological polar surface area (TPSA) is 60.9 Å². The molecule has 0 heterocycles. The van der Waals surface area contributed by atoms with Gasteiger partial charge < -0.3 is 14.9 Å². The van der Waals surface area contributed by atoms with Crippen LogP contribution in [-0.2, 0) is 4.79 Å². The van der Waals surface area contributed by atoms with Crippen molar-refractivity contribution < 1.29 is 14.7 Å². The quantitative estimate of drug-likeness (QED) is 0.786. The first-order valence-electron chi connectivity index (χ1n) is 6.22. The van der Waals surface area contributed by atoms with Gasteiger partial charge in [0.05, 0.1) is 0 Å². The molecule has 96 valence electrons. The van der Waals surface area contributed by atoms with E-state index in [1.807, 2.05) is 0 Å². The fourth-order valence-corrected chi connectivity index (χ4v) is 2.19. The Morgan fingerprint density at radius 2 is 1.94 bits per heavy atom. The largest absolute Gasteiger partial charge is 0.480 e. The van der Waals surface area contributed by atoms with E-state index in [1.165, 1.54) is 11.3 Å². The summed E-state index contributed by atoms with van der Waals surface area (Å²) < 4.78 is 0. The second-order valence-corrected chi connectivity index (χ2v) is 5.39.